The molecular formula is C14H18Br2O. The van der Waals surface area contributed by atoms with Gasteiger partial charge in [-0.15, -0.1) is 0 Å². The van der Waals surface area contributed by atoms with Crippen LogP contribution in [-0.2, 0) is 11.2 Å². The van der Waals surface area contributed by atoms with Crippen LogP contribution < -0.4 is 0 Å². The molecule has 1 saturated carbocycles. The van der Waals surface area contributed by atoms with Crippen molar-refractivity contribution in [2.24, 2.45) is 11.8 Å². The quantitative estimate of drug-likeness (QED) is 0.653. The first-order valence-corrected chi connectivity index (χ1v) is 8.07. The fourth-order valence-electron chi connectivity index (χ4n) is 1.84. The first-order chi connectivity index (χ1) is 8.28. The monoisotopic (exact) mass is 360 g/mol. The molecule has 2 rings (SSSR count). The standard InChI is InChI=1S/C14H18Br2O/c15-8-13(10-17-9-11-4-5-11)6-12-2-1-3-14(16)7-12/h1-3,7,11,13H,4-6,8-10H2. The summed E-state index contributed by atoms with van der Waals surface area (Å²) >= 11 is 7.09. The van der Waals surface area contributed by atoms with Gasteiger partial charge >= 0.3 is 0 Å². The molecule has 0 amide bonds. The largest absolute Gasteiger partial charge is 0.381 e. The Bertz CT molecular complexity index is 350. The van der Waals surface area contributed by atoms with E-state index in [0.717, 1.165) is 35.4 Å². The second-order valence-corrected chi connectivity index (χ2v) is 6.40. The van der Waals surface area contributed by atoms with Gasteiger partial charge in [-0.3, -0.25) is 0 Å². The number of hydrogen-bond acceptors (Lipinski definition) is 1. The van der Waals surface area contributed by atoms with Gasteiger partial charge in [-0.2, -0.15) is 0 Å². The molecule has 0 aliphatic heterocycles. The summed E-state index contributed by atoms with van der Waals surface area (Å²) in [6.45, 7) is 1.83. The Morgan fingerprint density at radius 1 is 1.35 bits per heavy atom. The van der Waals surface area contributed by atoms with Crippen molar-refractivity contribution in [1.82, 2.24) is 0 Å². The van der Waals surface area contributed by atoms with Crippen LogP contribution in [0.2, 0.25) is 0 Å². The highest BCUT2D eigenvalue weighted by Crippen LogP contribution is 2.29. The highest BCUT2D eigenvalue weighted by molar-refractivity contribution is 9.10. The lowest BCUT2D eigenvalue weighted by atomic mass is 10.0. The van der Waals surface area contributed by atoms with Crippen molar-refractivity contribution in [3.05, 3.63) is 34.3 Å². The van der Waals surface area contributed by atoms with Crippen LogP contribution in [0.5, 0.6) is 0 Å². The molecule has 0 bridgehead atoms. The molecule has 1 aromatic carbocycles. The van der Waals surface area contributed by atoms with Gasteiger partial charge in [0.1, 0.15) is 0 Å². The lowest BCUT2D eigenvalue weighted by Gasteiger charge is -2.14. The Labute approximate surface area is 120 Å². The van der Waals surface area contributed by atoms with Crippen LogP contribution in [0.15, 0.2) is 28.7 Å². The number of alkyl halides is 1. The van der Waals surface area contributed by atoms with E-state index in [0.29, 0.717) is 5.92 Å². The molecule has 0 N–H and O–H groups in total. The summed E-state index contributed by atoms with van der Waals surface area (Å²) in [7, 11) is 0. The average Bonchev–Trinajstić information content (AvgIpc) is 3.12. The molecule has 0 radical (unpaired) electrons. The van der Waals surface area contributed by atoms with Gasteiger partial charge < -0.3 is 4.74 Å². The third-order valence-electron chi connectivity index (χ3n) is 3.04. The molecule has 1 unspecified atom stereocenters. The van der Waals surface area contributed by atoms with E-state index in [1.165, 1.54) is 18.4 Å². The van der Waals surface area contributed by atoms with Crippen LogP contribution in [0.1, 0.15) is 18.4 Å². The fraction of sp³-hybridized carbons (Fsp3) is 0.571. The van der Waals surface area contributed by atoms with E-state index in [1.54, 1.807) is 0 Å². The van der Waals surface area contributed by atoms with Gasteiger partial charge in [-0.25, -0.2) is 0 Å². The summed E-state index contributed by atoms with van der Waals surface area (Å²) in [5.41, 5.74) is 1.37. The molecule has 1 aliphatic rings. The van der Waals surface area contributed by atoms with E-state index >= 15 is 0 Å². The normalized spacial score (nSPS) is 17.1. The predicted octanol–water partition coefficient (Wildman–Crippen LogP) is 4.43. The molecule has 0 spiro atoms. The summed E-state index contributed by atoms with van der Waals surface area (Å²) < 4.78 is 6.93. The van der Waals surface area contributed by atoms with Crippen LogP contribution in [0, 0.1) is 11.8 Å². The summed E-state index contributed by atoms with van der Waals surface area (Å²) in [5.74, 6) is 1.43. The van der Waals surface area contributed by atoms with E-state index in [1.807, 2.05) is 0 Å². The number of ether oxygens (including phenoxy) is 1. The van der Waals surface area contributed by atoms with Gasteiger partial charge in [-0.1, -0.05) is 44.0 Å². The lowest BCUT2D eigenvalue weighted by molar-refractivity contribution is 0.0979. The highest BCUT2D eigenvalue weighted by atomic mass is 79.9. The maximum absolute atomic E-state index is 5.77. The molecule has 94 valence electrons. The highest BCUT2D eigenvalue weighted by Gasteiger charge is 2.21. The van der Waals surface area contributed by atoms with Crippen LogP contribution in [0.4, 0.5) is 0 Å². The molecule has 1 aromatic rings. The van der Waals surface area contributed by atoms with Crippen molar-refractivity contribution < 1.29 is 4.74 Å². The van der Waals surface area contributed by atoms with Gasteiger partial charge in [0.05, 0.1) is 6.61 Å². The van der Waals surface area contributed by atoms with Gasteiger partial charge in [0.25, 0.3) is 0 Å². The maximum Gasteiger partial charge on any atom is 0.0505 e. The first kappa shape index (κ1) is 13.6. The minimum atomic E-state index is 0.572. The van der Waals surface area contributed by atoms with Crippen LogP contribution in [0.25, 0.3) is 0 Å². The lowest BCUT2D eigenvalue weighted by Crippen LogP contribution is -2.15. The summed E-state index contributed by atoms with van der Waals surface area (Å²) in [6.07, 6.45) is 3.81. The molecule has 0 saturated heterocycles. The Balaban J connectivity index is 1.76. The molecule has 0 aromatic heterocycles. The molecule has 3 heteroatoms. The summed E-state index contributed by atoms with van der Waals surface area (Å²) in [5, 5.41) is 1.00. The van der Waals surface area contributed by atoms with E-state index < -0.39 is 0 Å². The minimum absolute atomic E-state index is 0.572. The van der Waals surface area contributed by atoms with E-state index in [-0.39, 0.29) is 0 Å². The zero-order chi connectivity index (χ0) is 12.1. The maximum atomic E-state index is 5.77. The number of benzene rings is 1. The first-order valence-electron chi connectivity index (χ1n) is 6.16. The molecular weight excluding hydrogens is 344 g/mol. The van der Waals surface area contributed by atoms with Gasteiger partial charge in [-0.05, 0) is 48.8 Å². The summed E-state index contributed by atoms with van der Waals surface area (Å²) in [4.78, 5) is 0. The number of rotatable bonds is 7. The van der Waals surface area contributed by atoms with Crippen molar-refractivity contribution in [3.8, 4) is 0 Å². The Morgan fingerprint density at radius 3 is 2.82 bits per heavy atom. The number of hydrogen-bond donors (Lipinski definition) is 0. The van der Waals surface area contributed by atoms with Gasteiger partial charge in [0.15, 0.2) is 0 Å². The van der Waals surface area contributed by atoms with Crippen LogP contribution in [-0.4, -0.2) is 18.5 Å². The summed E-state index contributed by atoms with van der Waals surface area (Å²) in [6, 6.07) is 8.53. The van der Waals surface area contributed by atoms with E-state index in [2.05, 4.69) is 56.1 Å². The van der Waals surface area contributed by atoms with Crippen molar-refractivity contribution in [2.75, 3.05) is 18.5 Å². The SMILES string of the molecule is BrCC(COCC1CC1)Cc1cccc(Br)c1. The average molecular weight is 362 g/mol. The Morgan fingerprint density at radius 2 is 2.18 bits per heavy atom. The predicted molar refractivity (Wildman–Crippen MR) is 78.7 cm³/mol. The Hall–Kier alpha value is 0.140. The van der Waals surface area contributed by atoms with Crippen LogP contribution in [0.3, 0.4) is 0 Å². The van der Waals surface area contributed by atoms with Crippen molar-refractivity contribution in [1.29, 1.82) is 0 Å². The van der Waals surface area contributed by atoms with E-state index in [9.17, 15) is 0 Å². The van der Waals surface area contributed by atoms with Crippen molar-refractivity contribution >= 4 is 31.9 Å². The second kappa shape index (κ2) is 6.91. The van der Waals surface area contributed by atoms with Crippen molar-refractivity contribution in [2.45, 2.75) is 19.3 Å². The molecule has 0 heterocycles. The molecule has 17 heavy (non-hydrogen) atoms. The third-order valence-corrected chi connectivity index (χ3v) is 4.44. The smallest absolute Gasteiger partial charge is 0.0505 e. The van der Waals surface area contributed by atoms with Crippen LogP contribution >= 0.6 is 31.9 Å². The number of halogens is 2. The zero-order valence-electron chi connectivity index (χ0n) is 9.87. The molecule has 1 aliphatic carbocycles. The minimum Gasteiger partial charge on any atom is -0.381 e. The second-order valence-electron chi connectivity index (χ2n) is 4.84. The fourth-order valence-corrected chi connectivity index (χ4v) is 2.70. The molecule has 1 fully saturated rings. The zero-order valence-corrected chi connectivity index (χ0v) is 13.0. The van der Waals surface area contributed by atoms with Gasteiger partial charge in [0, 0.05) is 16.4 Å². The Kier molecular flexibility index (Phi) is 5.51. The molecule has 1 atom stereocenters. The third kappa shape index (κ3) is 5.11. The topological polar surface area (TPSA) is 9.23 Å². The van der Waals surface area contributed by atoms with Gasteiger partial charge in [0.2, 0.25) is 0 Å². The van der Waals surface area contributed by atoms with Crippen molar-refractivity contribution in [3.63, 3.8) is 0 Å². The van der Waals surface area contributed by atoms with E-state index in [4.69, 9.17) is 4.74 Å². The molecule has 1 nitrogen and oxygen atoms in total.